The largest absolute Gasteiger partial charge is 0.331 e. The van der Waals surface area contributed by atoms with Gasteiger partial charge in [-0.2, -0.15) is 0 Å². The monoisotopic (exact) mass is 306 g/mol. The molecule has 0 heterocycles. The Kier molecular flexibility index (Phi) is 9.13. The summed E-state index contributed by atoms with van der Waals surface area (Å²) in [5.74, 6) is 0. The number of rotatable bonds is 12. The third-order valence-electron chi connectivity index (χ3n) is 3.68. The number of nitrogens with one attached hydrogen (secondary N) is 2. The van der Waals surface area contributed by atoms with Crippen LogP contribution in [0, 0.1) is 0 Å². The Hall–Kier alpha value is -1.85. The zero-order chi connectivity index (χ0) is 17.1. The van der Waals surface area contributed by atoms with Crippen molar-refractivity contribution in [2.75, 3.05) is 13.1 Å². The highest BCUT2D eigenvalue weighted by atomic mass is 16.2. The highest BCUT2D eigenvalue weighted by molar-refractivity contribution is 5.76. The summed E-state index contributed by atoms with van der Waals surface area (Å²) in [6.07, 6.45) is 9.17. The molecule has 0 aliphatic rings. The molecule has 0 rings (SSSR count). The topological polar surface area (TPSA) is 93.2 Å². The van der Waals surface area contributed by atoms with Crippen molar-refractivity contribution in [1.82, 2.24) is 10.6 Å². The average molecular weight is 306 g/mol. The molecule has 5 heteroatoms. The van der Waals surface area contributed by atoms with Gasteiger partial charge in [0, 0.05) is 13.1 Å². The molecular weight excluding hydrogens is 276 g/mol. The molecule has 0 fully saturated rings. The van der Waals surface area contributed by atoms with Crippen molar-refractivity contribution in [3.63, 3.8) is 0 Å². The Labute approximate surface area is 134 Å². The van der Waals surface area contributed by atoms with Crippen molar-refractivity contribution < 1.29 is 4.79 Å². The normalized spacial score (nSPS) is 11.4. The predicted molar refractivity (Wildman–Crippen MR) is 94.5 cm³/mol. The molecule has 5 nitrogen and oxygen atoms in total. The summed E-state index contributed by atoms with van der Waals surface area (Å²) in [6, 6.07) is -0.316. The Balaban J connectivity index is 5.12. The maximum absolute atomic E-state index is 12.4. The summed E-state index contributed by atoms with van der Waals surface area (Å²) >= 11 is 0. The van der Waals surface area contributed by atoms with Crippen molar-refractivity contribution in [3.05, 3.63) is 50.6 Å². The van der Waals surface area contributed by atoms with E-state index in [1.165, 1.54) is 0 Å². The molecule has 2 amide bonds. The van der Waals surface area contributed by atoms with E-state index in [9.17, 15) is 4.79 Å². The van der Waals surface area contributed by atoms with E-state index < -0.39 is 11.1 Å². The summed E-state index contributed by atoms with van der Waals surface area (Å²) in [5.41, 5.74) is 10.5. The molecule has 0 saturated heterocycles. The molecule has 0 aromatic rings. The van der Waals surface area contributed by atoms with Crippen LogP contribution in [0.5, 0.6) is 0 Å². The van der Waals surface area contributed by atoms with Crippen LogP contribution in [0.25, 0.3) is 0 Å². The van der Waals surface area contributed by atoms with E-state index in [1.54, 1.807) is 24.3 Å². The minimum atomic E-state index is -0.587. The van der Waals surface area contributed by atoms with E-state index in [1.807, 2.05) is 0 Å². The quantitative estimate of drug-likeness (QED) is 0.415. The first-order valence-corrected chi connectivity index (χ1v) is 7.41. The van der Waals surface area contributed by atoms with E-state index >= 15 is 0 Å². The van der Waals surface area contributed by atoms with Crippen molar-refractivity contribution >= 4 is 6.03 Å². The van der Waals surface area contributed by atoms with Gasteiger partial charge in [0.2, 0.25) is 0 Å². The van der Waals surface area contributed by atoms with Crippen LogP contribution in [0.2, 0.25) is 0 Å². The SMILES string of the molecule is C=CCC(CN)(CC=C)NC(=O)NC(CN)(CC=C)CC=C. The summed E-state index contributed by atoms with van der Waals surface area (Å²) in [4.78, 5) is 12.4. The van der Waals surface area contributed by atoms with Gasteiger partial charge in [-0.05, 0) is 25.7 Å². The minimum absolute atomic E-state index is 0.289. The van der Waals surface area contributed by atoms with E-state index in [0.717, 1.165) is 0 Å². The average Bonchev–Trinajstić information content (AvgIpc) is 2.47. The first-order chi connectivity index (χ1) is 10.5. The van der Waals surface area contributed by atoms with Crippen molar-refractivity contribution in [2.45, 2.75) is 36.8 Å². The van der Waals surface area contributed by atoms with Gasteiger partial charge >= 0.3 is 6.03 Å². The van der Waals surface area contributed by atoms with E-state index in [2.05, 4.69) is 36.9 Å². The Bertz CT molecular complexity index is 347. The lowest BCUT2D eigenvalue weighted by molar-refractivity contribution is 0.210. The van der Waals surface area contributed by atoms with Crippen LogP contribution in [-0.2, 0) is 0 Å². The summed E-state index contributed by atoms with van der Waals surface area (Å²) in [7, 11) is 0. The number of hydrogen-bond acceptors (Lipinski definition) is 3. The number of carbonyl (C=O) groups is 1. The minimum Gasteiger partial charge on any atom is -0.331 e. The Morgan fingerprint density at radius 3 is 1.23 bits per heavy atom. The fraction of sp³-hybridized carbons (Fsp3) is 0.471. The van der Waals surface area contributed by atoms with Gasteiger partial charge in [-0.25, -0.2) is 4.79 Å². The number of amides is 2. The van der Waals surface area contributed by atoms with Crippen LogP contribution >= 0.6 is 0 Å². The van der Waals surface area contributed by atoms with Gasteiger partial charge in [0.1, 0.15) is 0 Å². The van der Waals surface area contributed by atoms with Crippen LogP contribution in [0.1, 0.15) is 25.7 Å². The fourth-order valence-electron chi connectivity index (χ4n) is 2.42. The molecule has 22 heavy (non-hydrogen) atoms. The van der Waals surface area contributed by atoms with Gasteiger partial charge in [-0.1, -0.05) is 24.3 Å². The molecule has 0 aromatic carbocycles. The van der Waals surface area contributed by atoms with Crippen LogP contribution in [0.15, 0.2) is 50.6 Å². The third-order valence-corrected chi connectivity index (χ3v) is 3.68. The standard InChI is InChI=1S/C17H30N4O/c1-5-9-16(13-18,10-6-2)20-15(22)21-17(14-19,11-7-3)12-8-4/h5-8H,1-4,9-14,18-19H2,(H2,20,21,22). The second-order valence-electron chi connectivity index (χ2n) is 5.52. The van der Waals surface area contributed by atoms with Gasteiger partial charge in [0.25, 0.3) is 0 Å². The van der Waals surface area contributed by atoms with E-state index in [-0.39, 0.29) is 19.1 Å². The third kappa shape index (κ3) is 5.87. The van der Waals surface area contributed by atoms with E-state index in [0.29, 0.717) is 25.7 Å². The highest BCUT2D eigenvalue weighted by Crippen LogP contribution is 2.18. The van der Waals surface area contributed by atoms with Crippen molar-refractivity contribution in [1.29, 1.82) is 0 Å². The first kappa shape index (κ1) is 20.1. The summed E-state index contributed by atoms with van der Waals surface area (Å²) in [5, 5.41) is 5.89. The molecule has 0 unspecified atom stereocenters. The maximum Gasteiger partial charge on any atom is 0.315 e. The van der Waals surface area contributed by atoms with Crippen molar-refractivity contribution in [2.24, 2.45) is 11.5 Å². The molecule has 0 spiro atoms. The Morgan fingerprint density at radius 1 is 0.773 bits per heavy atom. The molecule has 0 aromatic heterocycles. The molecule has 0 aliphatic carbocycles. The van der Waals surface area contributed by atoms with Crippen LogP contribution in [-0.4, -0.2) is 30.2 Å². The van der Waals surface area contributed by atoms with E-state index in [4.69, 9.17) is 11.5 Å². The smallest absolute Gasteiger partial charge is 0.315 e. The van der Waals surface area contributed by atoms with Gasteiger partial charge in [-0.15, -0.1) is 26.3 Å². The maximum atomic E-state index is 12.4. The molecule has 0 aliphatic heterocycles. The predicted octanol–water partition coefficient (Wildman–Crippen LogP) is 1.99. The highest BCUT2D eigenvalue weighted by Gasteiger charge is 2.32. The van der Waals surface area contributed by atoms with Gasteiger partial charge in [0.05, 0.1) is 11.1 Å². The van der Waals surface area contributed by atoms with Gasteiger partial charge < -0.3 is 22.1 Å². The second kappa shape index (κ2) is 9.97. The number of urea groups is 1. The molecular formula is C17H30N4O. The number of carbonyl (C=O) groups excluding carboxylic acids is 1. The molecule has 0 radical (unpaired) electrons. The molecule has 124 valence electrons. The zero-order valence-corrected chi connectivity index (χ0v) is 13.4. The molecule has 0 saturated carbocycles. The lowest BCUT2D eigenvalue weighted by atomic mass is 9.90. The molecule has 0 bridgehead atoms. The van der Waals surface area contributed by atoms with Crippen LogP contribution in [0.4, 0.5) is 4.79 Å². The fourth-order valence-corrected chi connectivity index (χ4v) is 2.42. The van der Waals surface area contributed by atoms with Crippen LogP contribution < -0.4 is 22.1 Å². The summed E-state index contributed by atoms with van der Waals surface area (Å²) < 4.78 is 0. The Morgan fingerprint density at radius 2 is 1.05 bits per heavy atom. The number of hydrogen-bond donors (Lipinski definition) is 4. The zero-order valence-electron chi connectivity index (χ0n) is 13.4. The lowest BCUT2D eigenvalue weighted by Gasteiger charge is -2.36. The number of nitrogens with two attached hydrogens (primary N) is 2. The van der Waals surface area contributed by atoms with Gasteiger partial charge in [-0.3, -0.25) is 0 Å². The lowest BCUT2D eigenvalue weighted by Crippen LogP contribution is -2.62. The second-order valence-corrected chi connectivity index (χ2v) is 5.52. The first-order valence-electron chi connectivity index (χ1n) is 7.41. The van der Waals surface area contributed by atoms with Crippen molar-refractivity contribution in [3.8, 4) is 0 Å². The summed E-state index contributed by atoms with van der Waals surface area (Å²) in [6.45, 7) is 15.5. The molecule has 0 atom stereocenters. The molecule has 6 N–H and O–H groups in total. The van der Waals surface area contributed by atoms with Gasteiger partial charge in [0.15, 0.2) is 0 Å². The van der Waals surface area contributed by atoms with Crippen LogP contribution in [0.3, 0.4) is 0 Å².